The summed E-state index contributed by atoms with van der Waals surface area (Å²) < 4.78 is 38.4. The van der Waals surface area contributed by atoms with Crippen LogP contribution in [0.3, 0.4) is 0 Å². The van der Waals surface area contributed by atoms with Gasteiger partial charge in [-0.3, -0.25) is 4.79 Å². The lowest BCUT2D eigenvalue weighted by atomic mass is 10.1. The minimum atomic E-state index is -4.41. The van der Waals surface area contributed by atoms with Crippen molar-refractivity contribution in [3.63, 3.8) is 0 Å². The van der Waals surface area contributed by atoms with E-state index in [4.69, 9.17) is 0 Å². The van der Waals surface area contributed by atoms with E-state index in [1.54, 1.807) is 31.2 Å². The van der Waals surface area contributed by atoms with Gasteiger partial charge in [-0.1, -0.05) is 6.92 Å². The van der Waals surface area contributed by atoms with E-state index in [0.717, 1.165) is 17.1 Å². The van der Waals surface area contributed by atoms with Crippen LogP contribution in [0.2, 0.25) is 0 Å². The van der Waals surface area contributed by atoms with Crippen molar-refractivity contribution in [3.05, 3.63) is 47.8 Å². The predicted molar refractivity (Wildman–Crippen MR) is 63.2 cm³/mol. The summed E-state index contributed by atoms with van der Waals surface area (Å²) in [6, 6.07) is 6.29. The van der Waals surface area contributed by atoms with Crippen LogP contribution in [-0.2, 0) is 6.18 Å². The lowest BCUT2D eigenvalue weighted by molar-refractivity contribution is -0.137. The Labute approximate surface area is 107 Å². The van der Waals surface area contributed by atoms with E-state index >= 15 is 0 Å². The first kappa shape index (κ1) is 13.3. The number of nitrogens with zero attached hydrogens (tertiary/aromatic N) is 2. The van der Waals surface area contributed by atoms with Gasteiger partial charge in [-0.05, 0) is 24.3 Å². The van der Waals surface area contributed by atoms with Gasteiger partial charge in [0, 0.05) is 18.2 Å². The number of carbonyl (C=O) groups is 1. The van der Waals surface area contributed by atoms with Crippen molar-refractivity contribution in [2.24, 2.45) is 0 Å². The van der Waals surface area contributed by atoms with E-state index in [9.17, 15) is 18.0 Å². The van der Waals surface area contributed by atoms with Crippen LogP contribution in [0.4, 0.5) is 13.2 Å². The molecule has 1 aromatic heterocycles. The highest BCUT2D eigenvalue weighted by atomic mass is 19.4. The van der Waals surface area contributed by atoms with Crippen LogP contribution in [0.25, 0.3) is 5.69 Å². The molecule has 2 aromatic rings. The Morgan fingerprint density at radius 1 is 1.26 bits per heavy atom. The Bertz CT molecular complexity index is 585. The van der Waals surface area contributed by atoms with E-state index in [-0.39, 0.29) is 5.78 Å². The third-order valence-corrected chi connectivity index (χ3v) is 2.68. The molecule has 0 aliphatic carbocycles. The first-order chi connectivity index (χ1) is 8.91. The Hall–Kier alpha value is -2.11. The molecule has 0 bridgehead atoms. The number of alkyl halides is 3. The molecule has 3 nitrogen and oxygen atoms in total. The zero-order chi connectivity index (χ0) is 14.0. The maximum atomic E-state index is 12.4. The summed E-state index contributed by atoms with van der Waals surface area (Å²) in [7, 11) is 0. The normalized spacial score (nSPS) is 11.6. The molecule has 0 unspecified atom stereocenters. The molecule has 0 aliphatic heterocycles. The topological polar surface area (TPSA) is 34.9 Å². The van der Waals surface area contributed by atoms with Crippen LogP contribution in [0.15, 0.2) is 36.7 Å². The fourth-order valence-electron chi connectivity index (χ4n) is 1.61. The van der Waals surface area contributed by atoms with Crippen molar-refractivity contribution in [1.82, 2.24) is 9.78 Å². The highest BCUT2D eigenvalue weighted by Crippen LogP contribution is 2.29. The highest BCUT2D eigenvalue weighted by molar-refractivity contribution is 5.95. The third kappa shape index (κ3) is 2.83. The second-order valence-electron chi connectivity index (χ2n) is 3.99. The van der Waals surface area contributed by atoms with Crippen LogP contribution in [-0.4, -0.2) is 15.6 Å². The smallest absolute Gasteiger partial charge is 0.294 e. The van der Waals surface area contributed by atoms with Gasteiger partial charge in [-0.15, -0.1) is 0 Å². The number of carbonyl (C=O) groups excluding carboxylic acids is 1. The van der Waals surface area contributed by atoms with Gasteiger partial charge < -0.3 is 0 Å². The van der Waals surface area contributed by atoms with Crippen molar-refractivity contribution in [3.8, 4) is 5.69 Å². The second-order valence-corrected chi connectivity index (χ2v) is 3.99. The monoisotopic (exact) mass is 268 g/mol. The van der Waals surface area contributed by atoms with Crippen molar-refractivity contribution in [2.45, 2.75) is 19.5 Å². The predicted octanol–water partition coefficient (Wildman–Crippen LogP) is 3.48. The standard InChI is InChI=1S/C13H11F3N2O/c1-2-12(19)9-3-5-11(6-4-9)18-8-10(7-17-18)13(14,15)16/h3-8H,2H2,1H3. The molecule has 0 fully saturated rings. The number of aromatic nitrogens is 2. The zero-order valence-electron chi connectivity index (χ0n) is 10.1. The average molecular weight is 268 g/mol. The number of benzene rings is 1. The molecule has 1 heterocycles. The summed E-state index contributed by atoms with van der Waals surface area (Å²) in [5.41, 5.74) is 0.207. The summed E-state index contributed by atoms with van der Waals surface area (Å²) >= 11 is 0. The maximum absolute atomic E-state index is 12.4. The van der Waals surface area contributed by atoms with Crippen molar-refractivity contribution >= 4 is 5.78 Å². The summed E-state index contributed by atoms with van der Waals surface area (Å²) in [4.78, 5) is 11.4. The number of hydrogen-bond donors (Lipinski definition) is 0. The van der Waals surface area contributed by atoms with Crippen molar-refractivity contribution in [2.75, 3.05) is 0 Å². The minimum Gasteiger partial charge on any atom is -0.294 e. The van der Waals surface area contributed by atoms with Crippen molar-refractivity contribution in [1.29, 1.82) is 0 Å². The average Bonchev–Trinajstić information content (AvgIpc) is 2.87. The number of hydrogen-bond acceptors (Lipinski definition) is 2. The number of halogens is 3. The van der Waals surface area contributed by atoms with Crippen LogP contribution in [0.1, 0.15) is 29.3 Å². The first-order valence-corrected chi connectivity index (χ1v) is 5.67. The first-order valence-electron chi connectivity index (χ1n) is 5.67. The molecule has 0 radical (unpaired) electrons. The fourth-order valence-corrected chi connectivity index (χ4v) is 1.61. The molecule has 0 amide bonds. The van der Waals surface area contributed by atoms with Gasteiger partial charge in [0.25, 0.3) is 0 Å². The van der Waals surface area contributed by atoms with Crippen molar-refractivity contribution < 1.29 is 18.0 Å². The van der Waals surface area contributed by atoms with E-state index in [1.165, 1.54) is 0 Å². The Morgan fingerprint density at radius 3 is 2.37 bits per heavy atom. The zero-order valence-corrected chi connectivity index (χ0v) is 10.1. The molecule has 0 spiro atoms. The van der Waals surface area contributed by atoms with Gasteiger partial charge in [-0.2, -0.15) is 18.3 Å². The van der Waals surface area contributed by atoms with Gasteiger partial charge in [0.2, 0.25) is 0 Å². The van der Waals surface area contributed by atoms with Gasteiger partial charge >= 0.3 is 6.18 Å². The lowest BCUT2D eigenvalue weighted by Gasteiger charge is -2.03. The Kier molecular flexibility index (Phi) is 3.42. The minimum absolute atomic E-state index is 0.0111. The molecular formula is C13H11F3N2O. The van der Waals surface area contributed by atoms with Gasteiger partial charge in [0.15, 0.2) is 5.78 Å². The summed E-state index contributed by atoms with van der Waals surface area (Å²) in [6.45, 7) is 1.75. The van der Waals surface area contributed by atoms with Crippen LogP contribution in [0, 0.1) is 0 Å². The van der Waals surface area contributed by atoms with Crippen LogP contribution >= 0.6 is 0 Å². The summed E-state index contributed by atoms with van der Waals surface area (Å²) in [6.07, 6.45) is -2.34. The maximum Gasteiger partial charge on any atom is 0.419 e. The second kappa shape index (κ2) is 4.87. The van der Waals surface area contributed by atoms with Gasteiger partial charge in [0.05, 0.1) is 17.4 Å². The number of ketones is 1. The Balaban J connectivity index is 2.28. The van der Waals surface area contributed by atoms with Crippen LogP contribution in [0.5, 0.6) is 0 Å². The largest absolute Gasteiger partial charge is 0.419 e. The summed E-state index contributed by atoms with van der Waals surface area (Å²) in [5.74, 6) is -0.0111. The lowest BCUT2D eigenvalue weighted by Crippen LogP contribution is -2.03. The van der Waals surface area contributed by atoms with Gasteiger partial charge in [-0.25, -0.2) is 4.68 Å². The molecule has 100 valence electrons. The molecule has 0 atom stereocenters. The SMILES string of the molecule is CCC(=O)c1ccc(-n2cc(C(F)(F)F)cn2)cc1. The van der Waals surface area contributed by atoms with Gasteiger partial charge in [0.1, 0.15) is 0 Å². The molecule has 6 heteroatoms. The molecule has 0 saturated heterocycles. The Morgan fingerprint density at radius 2 is 1.89 bits per heavy atom. The number of rotatable bonds is 3. The van der Waals surface area contributed by atoms with E-state index < -0.39 is 11.7 Å². The molecule has 1 aromatic carbocycles. The third-order valence-electron chi connectivity index (χ3n) is 2.68. The van der Waals surface area contributed by atoms with E-state index in [0.29, 0.717) is 17.7 Å². The number of Topliss-reactive ketones (excluding diaryl/α,β-unsaturated/α-hetero) is 1. The molecule has 2 rings (SSSR count). The summed E-state index contributed by atoms with van der Waals surface area (Å²) in [5, 5.41) is 3.66. The van der Waals surface area contributed by atoms with E-state index in [2.05, 4.69) is 5.10 Å². The molecule has 0 aliphatic rings. The van der Waals surface area contributed by atoms with E-state index in [1.807, 2.05) is 0 Å². The molecule has 19 heavy (non-hydrogen) atoms. The van der Waals surface area contributed by atoms with Crippen LogP contribution < -0.4 is 0 Å². The quantitative estimate of drug-likeness (QED) is 0.799. The highest BCUT2D eigenvalue weighted by Gasteiger charge is 2.32. The molecule has 0 N–H and O–H groups in total. The fraction of sp³-hybridized carbons (Fsp3) is 0.231. The molecule has 0 saturated carbocycles. The molecular weight excluding hydrogens is 257 g/mol.